The molecule has 3 aromatic heterocycles. The van der Waals surface area contributed by atoms with Crippen LogP contribution in [-0.2, 0) is 17.9 Å². The monoisotopic (exact) mass is 296 g/mol. The molecule has 0 spiro atoms. The van der Waals surface area contributed by atoms with Crippen molar-refractivity contribution in [2.24, 2.45) is 0 Å². The van der Waals surface area contributed by atoms with Gasteiger partial charge >= 0.3 is 0 Å². The van der Waals surface area contributed by atoms with Gasteiger partial charge < -0.3 is 9.72 Å². The van der Waals surface area contributed by atoms with Crippen LogP contribution in [0.25, 0.3) is 5.65 Å². The van der Waals surface area contributed by atoms with Crippen LogP contribution in [-0.4, -0.2) is 30.1 Å². The number of hydrogen-bond acceptors (Lipinski definition) is 4. The Hall–Kier alpha value is -2.70. The molecule has 0 bridgehead atoms. The molecule has 1 aliphatic heterocycles. The molecule has 1 atom stereocenters. The predicted octanol–water partition coefficient (Wildman–Crippen LogP) is 1.10. The maximum absolute atomic E-state index is 12.1. The zero-order chi connectivity index (χ0) is 15.1. The number of aromatic nitrogens is 5. The normalized spacial score (nSPS) is 18.0. The first kappa shape index (κ1) is 13.0. The van der Waals surface area contributed by atoms with Gasteiger partial charge in [0.2, 0.25) is 5.91 Å². The summed E-state index contributed by atoms with van der Waals surface area (Å²) < 4.78 is 3.89. The second-order valence-electron chi connectivity index (χ2n) is 5.34. The van der Waals surface area contributed by atoms with Crippen molar-refractivity contribution in [2.45, 2.75) is 32.4 Å². The highest BCUT2D eigenvalue weighted by molar-refractivity contribution is 5.78. The topological polar surface area (TPSA) is 77.1 Å². The number of hydrogen-bond donors (Lipinski definition) is 1. The van der Waals surface area contributed by atoms with Crippen molar-refractivity contribution in [3.63, 3.8) is 0 Å². The molecular weight excluding hydrogens is 280 g/mol. The van der Waals surface area contributed by atoms with Crippen LogP contribution in [0.1, 0.15) is 36.5 Å². The summed E-state index contributed by atoms with van der Waals surface area (Å²) in [5, 5.41) is 7.17. The number of amides is 1. The SMILES string of the molecule is CCn1ncnc1[C@H]1CC(=O)NCc2nc3ccccn3c21. The molecule has 0 saturated carbocycles. The maximum atomic E-state index is 12.1. The molecule has 1 aliphatic rings. The Morgan fingerprint density at radius 1 is 1.41 bits per heavy atom. The first-order valence-corrected chi connectivity index (χ1v) is 7.38. The lowest BCUT2D eigenvalue weighted by Gasteiger charge is -2.15. The van der Waals surface area contributed by atoms with Crippen molar-refractivity contribution < 1.29 is 4.79 Å². The number of fused-ring (bicyclic) bond motifs is 3. The molecule has 0 fully saturated rings. The van der Waals surface area contributed by atoms with E-state index in [1.165, 1.54) is 0 Å². The van der Waals surface area contributed by atoms with Gasteiger partial charge in [-0.15, -0.1) is 0 Å². The van der Waals surface area contributed by atoms with E-state index in [0.29, 0.717) is 13.0 Å². The van der Waals surface area contributed by atoms with Gasteiger partial charge in [-0.2, -0.15) is 5.10 Å². The molecule has 22 heavy (non-hydrogen) atoms. The van der Waals surface area contributed by atoms with Crippen LogP contribution in [0.3, 0.4) is 0 Å². The summed E-state index contributed by atoms with van der Waals surface area (Å²) in [4.78, 5) is 21.1. The number of carbonyl (C=O) groups is 1. The third-order valence-electron chi connectivity index (χ3n) is 4.07. The van der Waals surface area contributed by atoms with Crippen molar-refractivity contribution in [3.05, 3.63) is 47.9 Å². The van der Waals surface area contributed by atoms with Crippen LogP contribution < -0.4 is 5.32 Å². The third kappa shape index (κ3) is 1.89. The zero-order valence-corrected chi connectivity index (χ0v) is 12.2. The van der Waals surface area contributed by atoms with Gasteiger partial charge in [0.25, 0.3) is 0 Å². The number of imidazole rings is 1. The second-order valence-corrected chi connectivity index (χ2v) is 5.34. The molecule has 4 heterocycles. The van der Waals surface area contributed by atoms with Crippen molar-refractivity contribution in [3.8, 4) is 0 Å². The highest BCUT2D eigenvalue weighted by Gasteiger charge is 2.31. The van der Waals surface area contributed by atoms with Gasteiger partial charge in [0, 0.05) is 19.2 Å². The summed E-state index contributed by atoms with van der Waals surface area (Å²) in [6, 6.07) is 5.90. The average Bonchev–Trinajstić information content (AvgIpc) is 3.11. The molecular formula is C15H16N6O. The Balaban J connectivity index is 1.96. The number of aryl methyl sites for hydroxylation is 1. The minimum Gasteiger partial charge on any atom is -0.350 e. The van der Waals surface area contributed by atoms with Gasteiger partial charge in [-0.05, 0) is 19.1 Å². The number of carbonyl (C=O) groups excluding carboxylic acids is 1. The van der Waals surface area contributed by atoms with E-state index in [1.807, 2.05) is 36.0 Å². The molecule has 0 aromatic carbocycles. The molecule has 4 rings (SSSR count). The maximum Gasteiger partial charge on any atom is 0.221 e. The van der Waals surface area contributed by atoms with Crippen molar-refractivity contribution in [1.82, 2.24) is 29.5 Å². The minimum atomic E-state index is -0.141. The molecule has 0 unspecified atom stereocenters. The van der Waals surface area contributed by atoms with Crippen LogP contribution in [0.5, 0.6) is 0 Å². The predicted molar refractivity (Wildman–Crippen MR) is 79.2 cm³/mol. The van der Waals surface area contributed by atoms with E-state index in [2.05, 4.69) is 24.8 Å². The lowest BCUT2D eigenvalue weighted by atomic mass is 9.99. The summed E-state index contributed by atoms with van der Waals surface area (Å²) in [6.07, 6.45) is 3.88. The van der Waals surface area contributed by atoms with E-state index >= 15 is 0 Å². The summed E-state index contributed by atoms with van der Waals surface area (Å²) in [5.74, 6) is 0.683. The lowest BCUT2D eigenvalue weighted by Crippen LogP contribution is -2.22. The van der Waals surface area contributed by atoms with Crippen LogP contribution >= 0.6 is 0 Å². The minimum absolute atomic E-state index is 0.0123. The molecule has 0 aliphatic carbocycles. The summed E-state index contributed by atoms with van der Waals surface area (Å²) in [7, 11) is 0. The standard InChI is InChI=1S/C15H16N6O/c1-2-21-15(17-9-18-21)10-7-13(22)16-8-11-14(10)20-6-4-3-5-12(20)19-11/h3-6,9-10H,2,7-8H2,1H3,(H,16,22)/t10-/m0/s1. The molecule has 0 radical (unpaired) electrons. The van der Waals surface area contributed by atoms with Gasteiger partial charge in [-0.25, -0.2) is 14.6 Å². The van der Waals surface area contributed by atoms with Crippen LogP contribution in [0.2, 0.25) is 0 Å². The van der Waals surface area contributed by atoms with E-state index in [0.717, 1.165) is 29.4 Å². The fourth-order valence-electron chi connectivity index (χ4n) is 3.10. The number of nitrogens with one attached hydrogen (secondary N) is 1. The summed E-state index contributed by atoms with van der Waals surface area (Å²) in [6.45, 7) is 3.19. The molecule has 0 saturated heterocycles. The number of pyridine rings is 1. The third-order valence-corrected chi connectivity index (χ3v) is 4.07. The van der Waals surface area contributed by atoms with Gasteiger partial charge in [0.15, 0.2) is 0 Å². The number of nitrogens with zero attached hydrogens (tertiary/aromatic N) is 5. The Morgan fingerprint density at radius 2 is 2.32 bits per heavy atom. The fourth-order valence-corrected chi connectivity index (χ4v) is 3.10. The highest BCUT2D eigenvalue weighted by atomic mass is 16.1. The van der Waals surface area contributed by atoms with E-state index in [1.54, 1.807) is 6.33 Å². The Morgan fingerprint density at radius 3 is 3.18 bits per heavy atom. The Labute approximate surface area is 127 Å². The van der Waals surface area contributed by atoms with Gasteiger partial charge in [-0.1, -0.05) is 6.07 Å². The van der Waals surface area contributed by atoms with E-state index in [-0.39, 0.29) is 11.8 Å². The quantitative estimate of drug-likeness (QED) is 0.768. The van der Waals surface area contributed by atoms with E-state index in [4.69, 9.17) is 0 Å². The molecule has 1 amide bonds. The first-order valence-electron chi connectivity index (χ1n) is 7.38. The summed E-state index contributed by atoms with van der Waals surface area (Å²) >= 11 is 0. The highest BCUT2D eigenvalue weighted by Crippen LogP contribution is 2.31. The van der Waals surface area contributed by atoms with Crippen LogP contribution in [0, 0.1) is 0 Å². The molecule has 112 valence electrons. The summed E-state index contributed by atoms with van der Waals surface area (Å²) in [5.41, 5.74) is 2.81. The Bertz CT molecular complexity index is 849. The number of rotatable bonds is 2. The first-order chi connectivity index (χ1) is 10.8. The van der Waals surface area contributed by atoms with Crippen molar-refractivity contribution in [2.75, 3.05) is 0 Å². The molecule has 7 heteroatoms. The Kier molecular flexibility index (Phi) is 2.92. The van der Waals surface area contributed by atoms with Crippen LogP contribution in [0.4, 0.5) is 0 Å². The zero-order valence-electron chi connectivity index (χ0n) is 12.2. The van der Waals surface area contributed by atoms with Gasteiger partial charge in [0.1, 0.15) is 17.8 Å². The van der Waals surface area contributed by atoms with E-state index < -0.39 is 0 Å². The fraction of sp³-hybridized carbons (Fsp3) is 0.333. The van der Waals surface area contributed by atoms with Crippen LogP contribution in [0.15, 0.2) is 30.7 Å². The molecule has 7 nitrogen and oxygen atoms in total. The molecule has 3 aromatic rings. The largest absolute Gasteiger partial charge is 0.350 e. The molecule has 1 N–H and O–H groups in total. The van der Waals surface area contributed by atoms with Crippen molar-refractivity contribution >= 4 is 11.6 Å². The van der Waals surface area contributed by atoms with Gasteiger partial charge in [-0.3, -0.25) is 4.79 Å². The smallest absolute Gasteiger partial charge is 0.221 e. The van der Waals surface area contributed by atoms with Crippen molar-refractivity contribution in [1.29, 1.82) is 0 Å². The van der Waals surface area contributed by atoms with Gasteiger partial charge in [0.05, 0.1) is 23.9 Å². The second kappa shape index (κ2) is 4.94. The van der Waals surface area contributed by atoms with E-state index in [9.17, 15) is 4.79 Å². The average molecular weight is 296 g/mol. The lowest BCUT2D eigenvalue weighted by molar-refractivity contribution is -0.121.